The number of carboxylic acid groups (broad SMARTS) is 1. The Kier molecular flexibility index (Phi) is 8.59. The van der Waals surface area contributed by atoms with Gasteiger partial charge in [-0.15, -0.1) is 5.06 Å². The van der Waals surface area contributed by atoms with Crippen molar-refractivity contribution in [1.29, 1.82) is 0 Å². The molecule has 222 valence electrons. The highest BCUT2D eigenvalue weighted by molar-refractivity contribution is 6.17. The van der Waals surface area contributed by atoms with E-state index in [-0.39, 0.29) is 28.5 Å². The fraction of sp³-hybridized carbons (Fsp3) is 0.344. The molecule has 5 rings (SSSR count). The van der Waals surface area contributed by atoms with Gasteiger partial charge in [0.2, 0.25) is 0 Å². The summed E-state index contributed by atoms with van der Waals surface area (Å²) in [5.74, 6) is -5.71. The number of halogens is 4. The van der Waals surface area contributed by atoms with Crippen molar-refractivity contribution in [3.05, 3.63) is 101 Å². The Morgan fingerprint density at radius 1 is 1.00 bits per heavy atom. The van der Waals surface area contributed by atoms with Gasteiger partial charge in [0.25, 0.3) is 11.8 Å². The maximum absolute atomic E-state index is 14.0. The maximum atomic E-state index is 14.0. The quantitative estimate of drug-likeness (QED) is 0.231. The first-order valence-corrected chi connectivity index (χ1v) is 13.4. The number of allylic oxidation sites excluding steroid dienone is 2. The number of benzene rings is 2. The lowest BCUT2D eigenvalue weighted by atomic mass is 9.65. The Hall–Kier alpha value is -4.05. The molecule has 0 radical (unpaired) electrons. The van der Waals surface area contributed by atoms with Crippen molar-refractivity contribution in [3.8, 4) is 0 Å². The van der Waals surface area contributed by atoms with Gasteiger partial charge in [-0.1, -0.05) is 31.2 Å². The van der Waals surface area contributed by atoms with Crippen molar-refractivity contribution >= 4 is 23.9 Å². The molecule has 1 heterocycles. The number of carbonyl (C=O) groups excluding carboxylic acids is 2. The molecule has 0 saturated heterocycles. The zero-order chi connectivity index (χ0) is 31.0. The third-order valence-electron chi connectivity index (χ3n) is 7.74. The van der Waals surface area contributed by atoms with E-state index in [0.29, 0.717) is 11.5 Å². The Balaban J connectivity index is 0.000000193. The molecule has 0 aromatic heterocycles. The number of hydroxylamine groups is 2. The first kappa shape index (κ1) is 30.9. The van der Waals surface area contributed by atoms with Crippen LogP contribution in [0.4, 0.5) is 17.6 Å². The molecule has 3 aliphatic rings. The van der Waals surface area contributed by atoms with E-state index in [9.17, 15) is 37.1 Å². The van der Waals surface area contributed by atoms with Crippen LogP contribution in [0.3, 0.4) is 0 Å². The van der Waals surface area contributed by atoms with Gasteiger partial charge in [-0.05, 0) is 81.9 Å². The first-order valence-electron chi connectivity index (χ1n) is 13.4. The molecule has 2 aromatic rings. The summed E-state index contributed by atoms with van der Waals surface area (Å²) >= 11 is 0. The minimum absolute atomic E-state index is 0.00287. The molecule has 10 heteroatoms. The molecule has 4 unspecified atom stereocenters. The van der Waals surface area contributed by atoms with Crippen LogP contribution in [0.5, 0.6) is 0 Å². The summed E-state index contributed by atoms with van der Waals surface area (Å²) in [4.78, 5) is 40.9. The average molecular weight is 586 g/mol. The predicted octanol–water partition coefficient (Wildman–Crippen LogP) is 6.74. The van der Waals surface area contributed by atoms with E-state index in [1.54, 1.807) is 27.7 Å². The molecule has 2 aliphatic carbocycles. The summed E-state index contributed by atoms with van der Waals surface area (Å²) in [7, 11) is 0. The summed E-state index contributed by atoms with van der Waals surface area (Å²) in [6.45, 7) is 6.70. The highest BCUT2D eigenvalue weighted by atomic mass is 19.1. The zero-order valence-corrected chi connectivity index (χ0v) is 23.5. The topological polar surface area (TPSA) is 83.9 Å². The second-order valence-corrected chi connectivity index (χ2v) is 11.6. The number of rotatable bonds is 6. The molecular formula is C32H31F4NO5. The van der Waals surface area contributed by atoms with Crippen molar-refractivity contribution in [1.82, 2.24) is 5.06 Å². The van der Waals surface area contributed by atoms with Gasteiger partial charge < -0.3 is 5.11 Å². The van der Waals surface area contributed by atoms with Crippen LogP contribution in [0.15, 0.2) is 66.3 Å². The largest absolute Gasteiger partial charge is 0.481 e. The lowest BCUT2D eigenvalue weighted by Gasteiger charge is -2.37. The van der Waals surface area contributed by atoms with Crippen molar-refractivity contribution in [2.45, 2.75) is 52.1 Å². The normalized spacial score (nSPS) is 23.8. The number of carbonyl (C=O) groups is 3. The second kappa shape index (κ2) is 11.7. The summed E-state index contributed by atoms with van der Waals surface area (Å²) in [5.41, 5.74) is -2.20. The van der Waals surface area contributed by atoms with Gasteiger partial charge in [0, 0.05) is 28.7 Å². The van der Waals surface area contributed by atoms with E-state index in [0.717, 1.165) is 30.7 Å². The number of imide groups is 1. The Bertz CT molecular complexity index is 1470. The van der Waals surface area contributed by atoms with Crippen LogP contribution in [0.25, 0.3) is 6.08 Å². The highest BCUT2D eigenvalue weighted by Gasteiger charge is 2.57. The number of fused-ring (bicyclic) bond motifs is 2. The van der Waals surface area contributed by atoms with E-state index in [2.05, 4.69) is 0 Å². The van der Waals surface area contributed by atoms with Gasteiger partial charge in [0.15, 0.2) is 0 Å². The Morgan fingerprint density at radius 3 is 2.05 bits per heavy atom. The number of aliphatic carboxylic acids is 1. The van der Waals surface area contributed by atoms with E-state index in [1.807, 2.05) is 12.2 Å². The Labute approximate surface area is 240 Å². The van der Waals surface area contributed by atoms with E-state index < -0.39 is 58.0 Å². The van der Waals surface area contributed by atoms with Crippen molar-refractivity contribution < 1.29 is 41.9 Å². The number of amides is 2. The molecule has 1 N–H and O–H groups in total. The van der Waals surface area contributed by atoms with E-state index >= 15 is 0 Å². The number of nitrogens with zero attached hydrogens (tertiary/aromatic N) is 1. The molecule has 0 spiro atoms. The van der Waals surface area contributed by atoms with Crippen molar-refractivity contribution in [2.24, 2.45) is 17.3 Å². The van der Waals surface area contributed by atoms with Crippen molar-refractivity contribution in [3.63, 3.8) is 0 Å². The first-order chi connectivity index (χ1) is 19.7. The average Bonchev–Trinajstić information content (AvgIpc) is 3.59. The highest BCUT2D eigenvalue weighted by Crippen LogP contribution is 2.59. The fourth-order valence-corrected chi connectivity index (χ4v) is 5.80. The lowest BCUT2D eigenvalue weighted by molar-refractivity contribution is -0.217. The van der Waals surface area contributed by atoms with Gasteiger partial charge in [0.1, 0.15) is 23.3 Å². The summed E-state index contributed by atoms with van der Waals surface area (Å²) < 4.78 is 55.0. The van der Waals surface area contributed by atoms with E-state index in [4.69, 9.17) is 4.84 Å². The zero-order valence-electron chi connectivity index (χ0n) is 23.5. The molecule has 1 aliphatic heterocycles. The fourth-order valence-electron chi connectivity index (χ4n) is 5.80. The third kappa shape index (κ3) is 5.94. The number of hydrogen-bond acceptors (Lipinski definition) is 4. The van der Waals surface area contributed by atoms with Crippen LogP contribution in [-0.2, 0) is 19.2 Å². The minimum atomic E-state index is -1.09. The molecule has 2 amide bonds. The van der Waals surface area contributed by atoms with E-state index in [1.165, 1.54) is 30.3 Å². The summed E-state index contributed by atoms with van der Waals surface area (Å²) in [6, 6.07) is 7.13. The molecule has 1 saturated carbocycles. The molecule has 1 fully saturated rings. The van der Waals surface area contributed by atoms with Crippen LogP contribution in [-0.4, -0.2) is 33.6 Å². The summed E-state index contributed by atoms with van der Waals surface area (Å²) in [5, 5.41) is 10.4. The Morgan fingerprint density at radius 2 is 1.57 bits per heavy atom. The van der Waals surface area contributed by atoms with Crippen LogP contribution in [0.2, 0.25) is 0 Å². The lowest BCUT2D eigenvalue weighted by Crippen LogP contribution is -2.40. The molecular weight excluding hydrogens is 554 g/mol. The molecule has 2 bridgehead atoms. The van der Waals surface area contributed by atoms with Gasteiger partial charge in [-0.3, -0.25) is 19.2 Å². The minimum Gasteiger partial charge on any atom is -0.481 e. The van der Waals surface area contributed by atoms with Crippen LogP contribution < -0.4 is 0 Å². The molecule has 6 nitrogen and oxygen atoms in total. The molecule has 4 atom stereocenters. The second-order valence-electron chi connectivity index (χ2n) is 11.6. The standard InChI is InChI=1S/C16H15F2NO3.C16H16F2O2/c1-16(2,3)22-19-14(20)9-10(15(19)21)7-8-11-12(17)5-4-6-13(11)18;1-9(14-12(17)3-2-4-13(14)18)16(15(19)20)8-10-5-6-11(16)7-10/h4-9H,1-3H3;2-6,9-11H,7-8H2,1H3,(H,19,20). The van der Waals surface area contributed by atoms with Gasteiger partial charge >= 0.3 is 5.97 Å². The van der Waals surface area contributed by atoms with Crippen LogP contribution >= 0.6 is 0 Å². The van der Waals surface area contributed by atoms with Crippen LogP contribution in [0.1, 0.15) is 57.6 Å². The number of carboxylic acids is 1. The van der Waals surface area contributed by atoms with Crippen molar-refractivity contribution in [2.75, 3.05) is 0 Å². The third-order valence-corrected chi connectivity index (χ3v) is 7.74. The molecule has 2 aromatic carbocycles. The predicted molar refractivity (Wildman–Crippen MR) is 146 cm³/mol. The van der Waals surface area contributed by atoms with Gasteiger partial charge in [-0.25, -0.2) is 17.6 Å². The smallest absolute Gasteiger partial charge is 0.310 e. The van der Waals surface area contributed by atoms with Crippen LogP contribution in [0, 0.1) is 40.5 Å². The van der Waals surface area contributed by atoms with Gasteiger partial charge in [-0.2, -0.15) is 0 Å². The maximum Gasteiger partial charge on any atom is 0.310 e. The van der Waals surface area contributed by atoms with Gasteiger partial charge in [0.05, 0.1) is 11.0 Å². The molecule has 42 heavy (non-hydrogen) atoms. The monoisotopic (exact) mass is 585 g/mol. The summed E-state index contributed by atoms with van der Waals surface area (Å²) in [6.07, 6.45) is 8.51. The SMILES string of the molecule is CC(C)(C)ON1C(=O)C=C(C=Cc2c(F)cccc2F)C1=O.CC(c1c(F)cccc1F)C1(C(=O)O)CC2C=CC1C2. The number of hydrogen-bond donors (Lipinski definition) is 1.